The van der Waals surface area contributed by atoms with E-state index in [2.05, 4.69) is 10.2 Å². The zero-order valence-electron chi connectivity index (χ0n) is 11.4. The second-order valence-corrected chi connectivity index (χ2v) is 7.02. The van der Waals surface area contributed by atoms with Gasteiger partial charge in [0.2, 0.25) is 0 Å². The molecule has 3 aliphatic heterocycles. The minimum Gasteiger partial charge on any atom is -0.381 e. The maximum atomic E-state index is 5.61. The van der Waals surface area contributed by atoms with Crippen LogP contribution in [0.1, 0.15) is 32.1 Å². The summed E-state index contributed by atoms with van der Waals surface area (Å²) in [6.07, 6.45) is 7.01. The summed E-state index contributed by atoms with van der Waals surface area (Å²) in [5.74, 6) is 1.89. The van der Waals surface area contributed by atoms with Gasteiger partial charge in [0.25, 0.3) is 0 Å². The lowest BCUT2D eigenvalue weighted by Gasteiger charge is -2.43. The number of hydrogen-bond acceptors (Lipinski definition) is 3. The van der Waals surface area contributed by atoms with Crippen molar-refractivity contribution in [3.8, 4) is 0 Å². The van der Waals surface area contributed by atoms with Gasteiger partial charge in [0.05, 0.1) is 0 Å². The Morgan fingerprint density at radius 3 is 2.44 bits per heavy atom. The predicted molar refractivity (Wildman–Crippen MR) is 71.5 cm³/mol. The zero-order valence-corrected chi connectivity index (χ0v) is 11.4. The predicted octanol–water partition coefficient (Wildman–Crippen LogP) is 1.49. The van der Waals surface area contributed by atoms with Crippen LogP contribution in [0.25, 0.3) is 0 Å². The highest BCUT2D eigenvalue weighted by Crippen LogP contribution is 2.49. The van der Waals surface area contributed by atoms with Crippen LogP contribution in [0.5, 0.6) is 0 Å². The molecule has 4 rings (SSSR count). The van der Waals surface area contributed by atoms with Gasteiger partial charge in [-0.15, -0.1) is 0 Å². The standard InChI is InChI=1S/C15H26N2O/c1-2-14(15(3-1)4-6-18-7-5-15)17-10-12-8-16-9-13(12)11-17/h12-14,16H,1-11H2/t12-,13+,14?. The van der Waals surface area contributed by atoms with E-state index in [1.54, 1.807) is 0 Å². The van der Waals surface area contributed by atoms with Crippen molar-refractivity contribution in [2.24, 2.45) is 17.3 Å². The lowest BCUT2D eigenvalue weighted by atomic mass is 9.75. The molecular formula is C15H26N2O. The molecule has 0 radical (unpaired) electrons. The monoisotopic (exact) mass is 250 g/mol. The number of fused-ring (bicyclic) bond motifs is 1. The Kier molecular flexibility index (Phi) is 2.90. The molecule has 102 valence electrons. The van der Waals surface area contributed by atoms with E-state index in [0.717, 1.165) is 31.1 Å². The summed E-state index contributed by atoms with van der Waals surface area (Å²) >= 11 is 0. The van der Waals surface area contributed by atoms with E-state index in [9.17, 15) is 0 Å². The van der Waals surface area contributed by atoms with Crippen LogP contribution in [0.2, 0.25) is 0 Å². The van der Waals surface area contributed by atoms with E-state index in [-0.39, 0.29) is 0 Å². The Balaban J connectivity index is 1.50. The van der Waals surface area contributed by atoms with E-state index >= 15 is 0 Å². The molecule has 0 aromatic heterocycles. The van der Waals surface area contributed by atoms with Crippen LogP contribution in [0.15, 0.2) is 0 Å². The maximum Gasteiger partial charge on any atom is 0.0471 e. The molecule has 3 nitrogen and oxygen atoms in total. The van der Waals surface area contributed by atoms with Crippen molar-refractivity contribution in [3.63, 3.8) is 0 Å². The summed E-state index contributed by atoms with van der Waals surface area (Å²) < 4.78 is 5.61. The van der Waals surface area contributed by atoms with E-state index in [0.29, 0.717) is 5.41 Å². The van der Waals surface area contributed by atoms with Crippen LogP contribution in [0.4, 0.5) is 0 Å². The molecular weight excluding hydrogens is 224 g/mol. The summed E-state index contributed by atoms with van der Waals surface area (Å²) in [5, 5.41) is 3.56. The highest BCUT2D eigenvalue weighted by Gasteiger charge is 2.49. The number of nitrogens with one attached hydrogen (secondary N) is 1. The summed E-state index contributed by atoms with van der Waals surface area (Å²) in [7, 11) is 0. The summed E-state index contributed by atoms with van der Waals surface area (Å²) in [4.78, 5) is 2.87. The molecule has 1 aliphatic carbocycles. The zero-order chi connectivity index (χ0) is 12.0. The lowest BCUT2D eigenvalue weighted by Crippen LogP contribution is -2.47. The molecule has 3 saturated heterocycles. The highest BCUT2D eigenvalue weighted by atomic mass is 16.5. The molecule has 1 saturated carbocycles. The number of nitrogens with zero attached hydrogens (tertiary/aromatic N) is 1. The molecule has 1 N–H and O–H groups in total. The third-order valence-electron chi connectivity index (χ3n) is 6.21. The molecule has 3 heterocycles. The van der Waals surface area contributed by atoms with E-state index in [1.807, 2.05) is 0 Å². The fourth-order valence-electron chi connectivity index (χ4n) is 5.20. The largest absolute Gasteiger partial charge is 0.381 e. The molecule has 4 aliphatic rings. The molecule has 18 heavy (non-hydrogen) atoms. The van der Waals surface area contributed by atoms with Gasteiger partial charge in [0, 0.05) is 32.3 Å². The van der Waals surface area contributed by atoms with E-state index in [1.165, 1.54) is 58.3 Å². The molecule has 0 aromatic carbocycles. The van der Waals surface area contributed by atoms with Gasteiger partial charge in [0.15, 0.2) is 0 Å². The van der Waals surface area contributed by atoms with Crippen molar-refractivity contribution in [3.05, 3.63) is 0 Å². The van der Waals surface area contributed by atoms with Gasteiger partial charge < -0.3 is 10.1 Å². The molecule has 3 heteroatoms. The Bertz CT molecular complexity index is 302. The number of ether oxygens (including phenoxy) is 1. The molecule has 0 aromatic rings. The molecule has 3 atom stereocenters. The topological polar surface area (TPSA) is 24.5 Å². The molecule has 0 bridgehead atoms. The first-order valence-electron chi connectivity index (χ1n) is 7.90. The van der Waals surface area contributed by atoms with Crippen molar-refractivity contribution in [1.82, 2.24) is 10.2 Å². The van der Waals surface area contributed by atoms with Gasteiger partial charge in [0.1, 0.15) is 0 Å². The second kappa shape index (κ2) is 4.46. The van der Waals surface area contributed by atoms with Crippen molar-refractivity contribution in [2.45, 2.75) is 38.1 Å². The van der Waals surface area contributed by atoms with Crippen LogP contribution in [-0.4, -0.2) is 50.3 Å². The van der Waals surface area contributed by atoms with Crippen LogP contribution in [-0.2, 0) is 4.74 Å². The Hall–Kier alpha value is -0.120. The lowest BCUT2D eigenvalue weighted by molar-refractivity contribution is -0.0218. The number of hydrogen-bond donors (Lipinski definition) is 1. The Morgan fingerprint density at radius 2 is 1.72 bits per heavy atom. The third kappa shape index (κ3) is 1.75. The van der Waals surface area contributed by atoms with Gasteiger partial charge in [-0.1, -0.05) is 6.42 Å². The maximum absolute atomic E-state index is 5.61. The van der Waals surface area contributed by atoms with Crippen molar-refractivity contribution in [2.75, 3.05) is 39.4 Å². The second-order valence-electron chi connectivity index (χ2n) is 7.02. The fraction of sp³-hybridized carbons (Fsp3) is 1.00. The van der Waals surface area contributed by atoms with Gasteiger partial charge in [-0.25, -0.2) is 0 Å². The average molecular weight is 250 g/mol. The summed E-state index contributed by atoms with van der Waals surface area (Å²) in [6.45, 7) is 7.29. The van der Waals surface area contributed by atoms with Gasteiger partial charge in [-0.3, -0.25) is 4.90 Å². The van der Waals surface area contributed by atoms with Crippen LogP contribution >= 0.6 is 0 Å². The first kappa shape index (κ1) is 11.7. The SMILES string of the molecule is C1CC(N2C[C@H]3CNC[C@H]3C2)C2(C1)CCOCC2. The van der Waals surface area contributed by atoms with Gasteiger partial charge in [-0.05, 0) is 56.0 Å². The summed E-state index contributed by atoms with van der Waals surface area (Å²) in [5.41, 5.74) is 0.629. The number of likely N-dealkylation sites (tertiary alicyclic amines) is 1. The highest BCUT2D eigenvalue weighted by molar-refractivity contribution is 5.03. The third-order valence-corrected chi connectivity index (χ3v) is 6.21. The molecule has 4 fully saturated rings. The minimum absolute atomic E-state index is 0.629. The van der Waals surface area contributed by atoms with Crippen molar-refractivity contribution in [1.29, 1.82) is 0 Å². The minimum atomic E-state index is 0.629. The molecule has 1 unspecified atom stereocenters. The van der Waals surface area contributed by atoms with Crippen molar-refractivity contribution >= 4 is 0 Å². The average Bonchev–Trinajstić information content (AvgIpc) is 3.03. The first-order chi connectivity index (χ1) is 8.87. The van der Waals surface area contributed by atoms with Crippen LogP contribution in [0, 0.1) is 17.3 Å². The van der Waals surface area contributed by atoms with Gasteiger partial charge >= 0.3 is 0 Å². The Morgan fingerprint density at radius 1 is 1.00 bits per heavy atom. The quantitative estimate of drug-likeness (QED) is 0.763. The van der Waals surface area contributed by atoms with E-state index in [4.69, 9.17) is 4.74 Å². The fourth-order valence-corrected chi connectivity index (χ4v) is 5.20. The van der Waals surface area contributed by atoms with Crippen LogP contribution in [0.3, 0.4) is 0 Å². The van der Waals surface area contributed by atoms with Gasteiger partial charge in [-0.2, -0.15) is 0 Å². The Labute approximate surface area is 110 Å². The number of rotatable bonds is 1. The molecule has 0 amide bonds. The first-order valence-corrected chi connectivity index (χ1v) is 7.90. The summed E-state index contributed by atoms with van der Waals surface area (Å²) in [6, 6.07) is 0.881. The molecule has 1 spiro atoms. The van der Waals surface area contributed by atoms with E-state index < -0.39 is 0 Å². The van der Waals surface area contributed by atoms with Crippen molar-refractivity contribution < 1.29 is 4.74 Å². The normalized spacial score (nSPS) is 43.7. The van der Waals surface area contributed by atoms with Crippen LogP contribution < -0.4 is 5.32 Å². The smallest absolute Gasteiger partial charge is 0.0471 e.